The quantitative estimate of drug-likeness (QED) is 0.178. The number of ether oxygens (including phenoxy) is 3. The number of hydrogen-bond donors (Lipinski definition) is 0. The number of rotatable bonds is 16. The van der Waals surface area contributed by atoms with Crippen molar-refractivity contribution in [1.82, 2.24) is 0 Å². The Bertz CT molecular complexity index is 819. The van der Waals surface area contributed by atoms with E-state index in [1.54, 1.807) is 0 Å². The minimum atomic E-state index is -0.248. The lowest BCUT2D eigenvalue weighted by molar-refractivity contribution is -0.206. The highest BCUT2D eigenvalue weighted by atomic mass is 16.7. The second-order valence-corrected chi connectivity index (χ2v) is 10.1. The summed E-state index contributed by atoms with van der Waals surface area (Å²) < 4.78 is 18.2. The molecule has 1 aliphatic heterocycles. The molecule has 2 aromatic carbocycles. The molecule has 0 amide bonds. The summed E-state index contributed by atoms with van der Waals surface area (Å²) in [5, 5.41) is 0. The van der Waals surface area contributed by atoms with Gasteiger partial charge in [0, 0.05) is 11.5 Å². The maximum Gasteiger partial charge on any atom is 0.183 e. The summed E-state index contributed by atoms with van der Waals surface area (Å²) in [5.74, 6) is 1.47. The molecule has 0 aliphatic carbocycles. The molecule has 0 aromatic heterocycles. The summed E-state index contributed by atoms with van der Waals surface area (Å²) in [7, 11) is 0. The summed E-state index contributed by atoms with van der Waals surface area (Å²) in [6.07, 6.45) is 15.7. The molecule has 0 bridgehead atoms. The average molecular weight is 479 g/mol. The van der Waals surface area contributed by atoms with Crippen molar-refractivity contribution in [2.45, 2.75) is 96.9 Å². The minimum absolute atomic E-state index is 0.248. The topological polar surface area (TPSA) is 27.7 Å². The van der Waals surface area contributed by atoms with Gasteiger partial charge in [0.15, 0.2) is 6.29 Å². The van der Waals surface area contributed by atoms with Crippen LogP contribution in [-0.2, 0) is 9.47 Å². The zero-order valence-corrected chi connectivity index (χ0v) is 22.1. The highest BCUT2D eigenvalue weighted by Gasteiger charge is 2.23. The Kier molecular flexibility index (Phi) is 12.4. The van der Waals surface area contributed by atoms with E-state index in [1.807, 2.05) is 6.08 Å². The minimum Gasteiger partial charge on any atom is -0.491 e. The van der Waals surface area contributed by atoms with Gasteiger partial charge in [-0.3, -0.25) is 0 Å². The molecule has 1 fully saturated rings. The van der Waals surface area contributed by atoms with Gasteiger partial charge in [-0.2, -0.15) is 0 Å². The molecule has 3 nitrogen and oxygen atoms in total. The first-order chi connectivity index (χ1) is 17.2. The number of benzene rings is 2. The highest BCUT2D eigenvalue weighted by Crippen LogP contribution is 2.30. The Balaban J connectivity index is 1.40. The third-order valence-corrected chi connectivity index (χ3v) is 6.91. The van der Waals surface area contributed by atoms with E-state index in [0.717, 1.165) is 37.4 Å². The largest absolute Gasteiger partial charge is 0.491 e. The SMILES string of the molecule is C=CCCCCCCC1COC(c2ccc(-c3ccc(OC(C)CCCCCC)cc3)cc2)OC1. The van der Waals surface area contributed by atoms with Crippen LogP contribution in [0.4, 0.5) is 0 Å². The van der Waals surface area contributed by atoms with Crippen LogP contribution in [0.15, 0.2) is 61.2 Å². The summed E-state index contributed by atoms with van der Waals surface area (Å²) in [5.41, 5.74) is 3.48. The van der Waals surface area contributed by atoms with Gasteiger partial charge in [-0.25, -0.2) is 0 Å². The zero-order chi connectivity index (χ0) is 24.7. The van der Waals surface area contributed by atoms with E-state index >= 15 is 0 Å². The molecular formula is C32H46O3. The molecule has 35 heavy (non-hydrogen) atoms. The third kappa shape index (κ3) is 9.82. The van der Waals surface area contributed by atoms with E-state index in [4.69, 9.17) is 14.2 Å². The van der Waals surface area contributed by atoms with E-state index in [0.29, 0.717) is 5.92 Å². The molecule has 1 saturated heterocycles. The monoisotopic (exact) mass is 478 g/mol. The van der Waals surface area contributed by atoms with Crippen molar-refractivity contribution in [3.8, 4) is 16.9 Å². The van der Waals surface area contributed by atoms with Gasteiger partial charge in [0.2, 0.25) is 0 Å². The van der Waals surface area contributed by atoms with Crippen LogP contribution in [0.3, 0.4) is 0 Å². The molecule has 0 saturated carbocycles. The highest BCUT2D eigenvalue weighted by molar-refractivity contribution is 5.64. The fraction of sp³-hybridized carbons (Fsp3) is 0.562. The normalized spacial score (nSPS) is 18.8. The molecule has 192 valence electrons. The summed E-state index contributed by atoms with van der Waals surface area (Å²) >= 11 is 0. The zero-order valence-electron chi connectivity index (χ0n) is 22.1. The van der Waals surface area contributed by atoms with Crippen molar-refractivity contribution in [2.75, 3.05) is 13.2 Å². The van der Waals surface area contributed by atoms with Crippen LogP contribution in [0.25, 0.3) is 11.1 Å². The molecule has 1 heterocycles. The predicted octanol–water partition coefficient (Wildman–Crippen LogP) is 9.28. The Morgan fingerprint density at radius 1 is 0.857 bits per heavy atom. The number of unbranched alkanes of at least 4 members (excludes halogenated alkanes) is 7. The van der Waals surface area contributed by atoms with Gasteiger partial charge in [-0.1, -0.05) is 87.9 Å². The van der Waals surface area contributed by atoms with Crippen molar-refractivity contribution in [1.29, 1.82) is 0 Å². The van der Waals surface area contributed by atoms with Crippen LogP contribution < -0.4 is 4.74 Å². The number of allylic oxidation sites excluding steroid dienone is 1. The number of hydrogen-bond acceptors (Lipinski definition) is 3. The van der Waals surface area contributed by atoms with Gasteiger partial charge in [-0.15, -0.1) is 6.58 Å². The van der Waals surface area contributed by atoms with Crippen molar-refractivity contribution in [3.05, 3.63) is 66.7 Å². The van der Waals surface area contributed by atoms with Crippen LogP contribution in [0.5, 0.6) is 5.75 Å². The second-order valence-electron chi connectivity index (χ2n) is 10.1. The molecule has 0 spiro atoms. The van der Waals surface area contributed by atoms with Crippen molar-refractivity contribution >= 4 is 0 Å². The van der Waals surface area contributed by atoms with Crippen LogP contribution in [-0.4, -0.2) is 19.3 Å². The van der Waals surface area contributed by atoms with Gasteiger partial charge in [0.25, 0.3) is 0 Å². The van der Waals surface area contributed by atoms with Crippen molar-refractivity contribution < 1.29 is 14.2 Å². The summed E-state index contributed by atoms with van der Waals surface area (Å²) in [6, 6.07) is 17.0. The predicted molar refractivity (Wildman–Crippen MR) is 147 cm³/mol. The standard InChI is InChI=1S/C32H46O3/c1-4-6-8-10-11-13-15-27-24-33-32(34-25-27)30-18-16-28(17-19-30)29-20-22-31(23-21-29)35-26(3)14-12-9-7-5-2/h4,16-23,26-27,32H,1,5-15,24-25H2,2-3H3. The Morgan fingerprint density at radius 3 is 2.14 bits per heavy atom. The molecule has 1 unspecified atom stereocenters. The Morgan fingerprint density at radius 2 is 1.49 bits per heavy atom. The summed E-state index contributed by atoms with van der Waals surface area (Å²) in [4.78, 5) is 0. The Labute approximate surface area is 213 Å². The summed E-state index contributed by atoms with van der Waals surface area (Å²) in [6.45, 7) is 9.78. The second kappa shape index (κ2) is 15.8. The van der Waals surface area contributed by atoms with E-state index in [-0.39, 0.29) is 12.4 Å². The lowest BCUT2D eigenvalue weighted by atomic mass is 10.0. The van der Waals surface area contributed by atoms with Crippen LogP contribution in [0.1, 0.15) is 96.3 Å². The van der Waals surface area contributed by atoms with Gasteiger partial charge in [-0.05, 0) is 62.3 Å². The fourth-order valence-electron chi connectivity index (χ4n) is 4.69. The smallest absolute Gasteiger partial charge is 0.183 e. The van der Waals surface area contributed by atoms with Crippen LogP contribution >= 0.6 is 0 Å². The molecular weight excluding hydrogens is 432 g/mol. The maximum atomic E-state index is 6.10. The van der Waals surface area contributed by atoms with E-state index in [9.17, 15) is 0 Å². The van der Waals surface area contributed by atoms with E-state index in [1.165, 1.54) is 68.9 Å². The average Bonchev–Trinajstić information content (AvgIpc) is 2.90. The molecule has 0 radical (unpaired) electrons. The van der Waals surface area contributed by atoms with E-state index in [2.05, 4.69) is 69.0 Å². The molecule has 2 aromatic rings. The Hall–Kier alpha value is -2.10. The van der Waals surface area contributed by atoms with Crippen molar-refractivity contribution in [3.63, 3.8) is 0 Å². The lowest BCUT2D eigenvalue weighted by Crippen LogP contribution is -2.27. The molecule has 0 N–H and O–H groups in total. The molecule has 1 atom stereocenters. The van der Waals surface area contributed by atoms with Gasteiger partial charge in [0.05, 0.1) is 19.3 Å². The first-order valence-corrected chi connectivity index (χ1v) is 13.9. The van der Waals surface area contributed by atoms with Crippen LogP contribution in [0, 0.1) is 5.92 Å². The van der Waals surface area contributed by atoms with Crippen LogP contribution in [0.2, 0.25) is 0 Å². The molecule has 3 heteroatoms. The molecule has 1 aliphatic rings. The maximum absolute atomic E-state index is 6.10. The first kappa shape index (κ1) is 27.5. The van der Waals surface area contributed by atoms with Gasteiger partial charge < -0.3 is 14.2 Å². The van der Waals surface area contributed by atoms with Gasteiger partial charge >= 0.3 is 0 Å². The lowest BCUT2D eigenvalue weighted by Gasteiger charge is -2.29. The first-order valence-electron chi connectivity index (χ1n) is 13.9. The van der Waals surface area contributed by atoms with Gasteiger partial charge in [0.1, 0.15) is 5.75 Å². The van der Waals surface area contributed by atoms with E-state index < -0.39 is 0 Å². The third-order valence-electron chi connectivity index (χ3n) is 6.91. The fourth-order valence-corrected chi connectivity index (χ4v) is 4.69. The van der Waals surface area contributed by atoms with Crippen molar-refractivity contribution in [2.24, 2.45) is 5.92 Å². The molecule has 3 rings (SSSR count).